The van der Waals surface area contributed by atoms with E-state index in [-0.39, 0.29) is 5.78 Å². The van der Waals surface area contributed by atoms with E-state index in [2.05, 4.69) is 0 Å². The number of carbonyl (C=O) groups is 1. The minimum absolute atomic E-state index is 0.171. The Kier molecular flexibility index (Phi) is 4.50. The van der Waals surface area contributed by atoms with Crippen molar-refractivity contribution in [1.82, 2.24) is 0 Å². The van der Waals surface area contributed by atoms with Gasteiger partial charge in [-0.1, -0.05) is 13.0 Å². The van der Waals surface area contributed by atoms with Gasteiger partial charge < -0.3 is 0 Å². The van der Waals surface area contributed by atoms with Crippen LogP contribution in [-0.2, 0) is 4.79 Å². The number of hydrogen-bond donors (Lipinski definition) is 0. The maximum absolute atomic E-state index is 10.7. The van der Waals surface area contributed by atoms with Gasteiger partial charge in [0.25, 0.3) is 0 Å². The Morgan fingerprint density at radius 2 is 2.22 bits per heavy atom. The topological polar surface area (TPSA) is 17.1 Å². The van der Waals surface area contributed by atoms with Crippen LogP contribution in [0.5, 0.6) is 0 Å². The van der Waals surface area contributed by atoms with Gasteiger partial charge in [-0.15, -0.1) is 11.8 Å². The maximum atomic E-state index is 10.7. The van der Waals surface area contributed by atoms with Gasteiger partial charge in [0.15, 0.2) is 5.78 Å². The molecule has 0 heterocycles. The molecule has 0 aliphatic heterocycles. The van der Waals surface area contributed by atoms with Crippen molar-refractivity contribution in [3.63, 3.8) is 0 Å². The highest BCUT2D eigenvalue weighted by atomic mass is 32.2. The zero-order valence-electron chi connectivity index (χ0n) is 6.10. The van der Waals surface area contributed by atoms with Crippen LogP contribution >= 0.6 is 11.8 Å². The summed E-state index contributed by atoms with van der Waals surface area (Å²) in [6, 6.07) is 0. The summed E-state index contributed by atoms with van der Waals surface area (Å²) in [7, 11) is 0. The molecule has 0 atom stereocenters. The number of hydrogen-bond acceptors (Lipinski definition) is 2. The van der Waals surface area contributed by atoms with Crippen molar-refractivity contribution in [2.75, 3.05) is 6.26 Å². The lowest BCUT2D eigenvalue weighted by atomic mass is 10.3. The fourth-order valence-corrected chi connectivity index (χ4v) is 1.18. The van der Waals surface area contributed by atoms with Crippen molar-refractivity contribution in [3.05, 3.63) is 11.0 Å². The van der Waals surface area contributed by atoms with Crippen LogP contribution in [0.15, 0.2) is 11.0 Å². The predicted octanol–water partition coefficient (Wildman–Crippen LogP) is 2.23. The van der Waals surface area contributed by atoms with E-state index >= 15 is 0 Å². The number of allylic oxidation sites excluding steroid dienone is 2. The molecule has 0 saturated heterocycles. The average molecular weight is 144 g/mol. The van der Waals surface area contributed by atoms with Gasteiger partial charge in [0.1, 0.15) is 0 Å². The van der Waals surface area contributed by atoms with E-state index in [9.17, 15) is 4.79 Å². The van der Waals surface area contributed by atoms with Gasteiger partial charge in [0.05, 0.1) is 0 Å². The van der Waals surface area contributed by atoms with E-state index in [1.807, 2.05) is 19.3 Å². The molecule has 0 aromatic rings. The smallest absolute Gasteiger partial charge is 0.165 e. The quantitative estimate of drug-likeness (QED) is 0.565. The maximum Gasteiger partial charge on any atom is 0.165 e. The summed E-state index contributed by atoms with van der Waals surface area (Å²) in [6.07, 6.45) is 4.81. The van der Waals surface area contributed by atoms with Gasteiger partial charge >= 0.3 is 0 Å². The fraction of sp³-hybridized carbons (Fsp3) is 0.571. The van der Waals surface area contributed by atoms with E-state index in [0.29, 0.717) is 0 Å². The predicted molar refractivity (Wildman–Crippen MR) is 42.6 cm³/mol. The van der Waals surface area contributed by atoms with Gasteiger partial charge in [0, 0.05) is 4.91 Å². The summed E-state index contributed by atoms with van der Waals surface area (Å²) in [6.45, 7) is 3.62. The average Bonchev–Trinajstić information content (AvgIpc) is 1.82. The Bertz CT molecular complexity index is 127. The Balaban J connectivity index is 3.98. The zero-order valence-corrected chi connectivity index (χ0v) is 6.92. The first kappa shape index (κ1) is 8.76. The van der Waals surface area contributed by atoms with Crippen molar-refractivity contribution in [3.8, 4) is 0 Å². The number of Topliss-reactive ketones (excluding diaryl/α,β-unsaturated/α-hetero) is 1. The van der Waals surface area contributed by atoms with Gasteiger partial charge in [0.2, 0.25) is 0 Å². The fourth-order valence-electron chi connectivity index (χ4n) is 0.556. The molecule has 0 fully saturated rings. The molecule has 0 bridgehead atoms. The summed E-state index contributed by atoms with van der Waals surface area (Å²) < 4.78 is 0. The number of thioether (sulfide) groups is 1. The van der Waals surface area contributed by atoms with E-state index in [1.54, 1.807) is 6.92 Å². The molecule has 0 aromatic heterocycles. The lowest BCUT2D eigenvalue weighted by Gasteiger charge is -1.94. The van der Waals surface area contributed by atoms with Crippen molar-refractivity contribution >= 4 is 17.5 Å². The molecule has 0 aliphatic carbocycles. The molecule has 9 heavy (non-hydrogen) atoms. The normalized spacial score (nSPS) is 11.7. The van der Waals surface area contributed by atoms with Crippen LogP contribution in [0.1, 0.15) is 20.3 Å². The lowest BCUT2D eigenvalue weighted by Crippen LogP contribution is -1.90. The van der Waals surface area contributed by atoms with E-state index < -0.39 is 0 Å². The van der Waals surface area contributed by atoms with Crippen molar-refractivity contribution in [2.45, 2.75) is 20.3 Å². The molecule has 1 nitrogen and oxygen atoms in total. The summed E-state index contributed by atoms with van der Waals surface area (Å²) in [5.74, 6) is 0.171. The molecular formula is C7H12OS. The molecule has 52 valence electrons. The largest absolute Gasteiger partial charge is 0.294 e. The highest BCUT2D eigenvalue weighted by Gasteiger charge is 1.97. The molecule has 2 heteroatoms. The van der Waals surface area contributed by atoms with Crippen LogP contribution in [-0.4, -0.2) is 12.0 Å². The van der Waals surface area contributed by atoms with Crippen molar-refractivity contribution < 1.29 is 4.79 Å². The first-order valence-corrected chi connectivity index (χ1v) is 4.20. The minimum atomic E-state index is 0.171. The second-order valence-corrected chi connectivity index (χ2v) is 2.59. The molecule has 0 rings (SSSR count). The first-order valence-electron chi connectivity index (χ1n) is 2.97. The SMILES string of the molecule is CC/C=C(\SC)C(C)=O. The molecule has 0 aromatic carbocycles. The summed E-state index contributed by atoms with van der Waals surface area (Å²) in [4.78, 5) is 11.5. The zero-order chi connectivity index (χ0) is 7.28. The number of rotatable bonds is 3. The molecule has 0 spiro atoms. The second kappa shape index (κ2) is 4.62. The Labute approximate surface area is 60.5 Å². The third-order valence-corrected chi connectivity index (χ3v) is 1.85. The Morgan fingerprint density at radius 1 is 1.67 bits per heavy atom. The minimum Gasteiger partial charge on any atom is -0.294 e. The molecule has 0 aliphatic rings. The van der Waals surface area contributed by atoms with E-state index in [1.165, 1.54) is 11.8 Å². The second-order valence-electron chi connectivity index (χ2n) is 1.74. The molecule has 0 radical (unpaired) electrons. The van der Waals surface area contributed by atoms with E-state index in [4.69, 9.17) is 0 Å². The van der Waals surface area contributed by atoms with Gasteiger partial charge in [-0.3, -0.25) is 4.79 Å². The van der Waals surface area contributed by atoms with Gasteiger partial charge in [-0.2, -0.15) is 0 Å². The summed E-state index contributed by atoms with van der Waals surface area (Å²) >= 11 is 1.51. The van der Waals surface area contributed by atoms with Crippen LogP contribution in [0.25, 0.3) is 0 Å². The molecule has 0 saturated carbocycles. The van der Waals surface area contributed by atoms with Crippen molar-refractivity contribution in [1.29, 1.82) is 0 Å². The monoisotopic (exact) mass is 144 g/mol. The van der Waals surface area contributed by atoms with Crippen LogP contribution in [0, 0.1) is 0 Å². The summed E-state index contributed by atoms with van der Waals surface area (Å²) in [5, 5.41) is 0. The van der Waals surface area contributed by atoms with Crippen LogP contribution in [0.4, 0.5) is 0 Å². The van der Waals surface area contributed by atoms with Crippen LogP contribution in [0.3, 0.4) is 0 Å². The Morgan fingerprint density at radius 3 is 2.33 bits per heavy atom. The van der Waals surface area contributed by atoms with Gasteiger partial charge in [-0.25, -0.2) is 0 Å². The highest BCUT2D eigenvalue weighted by Crippen LogP contribution is 2.12. The lowest BCUT2D eigenvalue weighted by molar-refractivity contribution is -0.112. The molecule has 0 N–H and O–H groups in total. The number of carbonyl (C=O) groups excluding carboxylic acids is 1. The molecular weight excluding hydrogens is 132 g/mol. The van der Waals surface area contributed by atoms with Crippen LogP contribution < -0.4 is 0 Å². The molecule has 0 amide bonds. The first-order chi connectivity index (χ1) is 4.22. The third kappa shape index (κ3) is 3.36. The Hall–Kier alpha value is -0.240. The van der Waals surface area contributed by atoms with Crippen LogP contribution in [0.2, 0.25) is 0 Å². The van der Waals surface area contributed by atoms with E-state index in [0.717, 1.165) is 11.3 Å². The standard InChI is InChI=1S/C7H12OS/c1-4-5-7(9-3)6(2)8/h5H,4H2,1-3H3/b7-5-. The highest BCUT2D eigenvalue weighted by molar-refractivity contribution is 8.03. The summed E-state index contributed by atoms with van der Waals surface area (Å²) in [5.41, 5.74) is 0. The molecule has 0 unspecified atom stereocenters. The number of ketones is 1. The van der Waals surface area contributed by atoms with Crippen molar-refractivity contribution in [2.24, 2.45) is 0 Å². The third-order valence-electron chi connectivity index (χ3n) is 0.956. The van der Waals surface area contributed by atoms with Gasteiger partial charge in [-0.05, 0) is 19.6 Å².